The molecular weight excluding hydrogens is 423 g/mol. The summed E-state index contributed by atoms with van der Waals surface area (Å²) in [6, 6.07) is 6.90. The minimum absolute atomic E-state index is 0.172. The van der Waals surface area contributed by atoms with Gasteiger partial charge in [-0.05, 0) is 24.3 Å². The predicted octanol–water partition coefficient (Wildman–Crippen LogP) is 5.19. The van der Waals surface area contributed by atoms with Crippen LogP contribution in [-0.4, -0.2) is 39.6 Å². The molecule has 0 bridgehead atoms. The number of benzene rings is 2. The van der Waals surface area contributed by atoms with Gasteiger partial charge in [0.15, 0.2) is 11.6 Å². The van der Waals surface area contributed by atoms with Crippen molar-refractivity contribution in [3.63, 3.8) is 0 Å². The van der Waals surface area contributed by atoms with Crippen LogP contribution in [0.5, 0.6) is 0 Å². The molecule has 0 amide bonds. The Kier molecular flexibility index (Phi) is 5.46. The third-order valence-corrected chi connectivity index (χ3v) is 5.54. The zero-order valence-electron chi connectivity index (χ0n) is 17.7. The Morgan fingerprint density at radius 2 is 2.00 bits per heavy atom. The van der Waals surface area contributed by atoms with Crippen LogP contribution in [0.4, 0.5) is 13.2 Å². The lowest BCUT2D eigenvalue weighted by atomic mass is 9.85. The summed E-state index contributed by atoms with van der Waals surface area (Å²) in [6.07, 6.45) is -0.983. The Morgan fingerprint density at radius 1 is 1.25 bits per heavy atom. The molecule has 4 rings (SSSR count). The van der Waals surface area contributed by atoms with Crippen molar-refractivity contribution in [2.24, 2.45) is 0 Å². The van der Waals surface area contributed by atoms with Gasteiger partial charge < -0.3 is 14.4 Å². The van der Waals surface area contributed by atoms with E-state index in [9.17, 15) is 18.7 Å². The van der Waals surface area contributed by atoms with E-state index in [4.69, 9.17) is 4.74 Å². The number of carboxylic acid groups (broad SMARTS) is 1. The molecule has 2 heterocycles. The van der Waals surface area contributed by atoms with Gasteiger partial charge >= 0.3 is 5.97 Å². The quantitative estimate of drug-likeness (QED) is 0.410. The molecule has 0 aliphatic heterocycles. The first kappa shape index (κ1) is 21.9. The normalized spacial score (nSPS) is 13.2. The highest BCUT2D eigenvalue weighted by Gasteiger charge is 2.35. The topological polar surface area (TPSA) is 80.1 Å². The third kappa shape index (κ3) is 3.62. The number of hydrogen-bond donors (Lipinski definition) is 2. The van der Waals surface area contributed by atoms with Crippen LogP contribution in [0.2, 0.25) is 0 Å². The van der Waals surface area contributed by atoms with E-state index in [1.165, 1.54) is 13.2 Å². The van der Waals surface area contributed by atoms with Gasteiger partial charge in [-0.2, -0.15) is 5.10 Å². The first-order valence-electron chi connectivity index (χ1n) is 9.96. The molecule has 1 atom stereocenters. The molecule has 0 unspecified atom stereocenters. The Hall–Kier alpha value is -3.33. The van der Waals surface area contributed by atoms with E-state index in [2.05, 4.69) is 10.2 Å². The fraction of sp³-hybridized carbons (Fsp3) is 0.304. The van der Waals surface area contributed by atoms with Crippen molar-refractivity contribution in [1.29, 1.82) is 0 Å². The molecule has 2 aromatic carbocycles. The number of methoxy groups -OCH3 is 1. The van der Waals surface area contributed by atoms with Crippen LogP contribution < -0.4 is 0 Å². The van der Waals surface area contributed by atoms with Crippen LogP contribution in [0.1, 0.15) is 37.7 Å². The van der Waals surface area contributed by atoms with Crippen LogP contribution in [0, 0.1) is 11.6 Å². The first-order chi connectivity index (χ1) is 15.1. The maximum absolute atomic E-state index is 15.6. The lowest BCUT2D eigenvalue weighted by Gasteiger charge is -2.28. The zero-order valence-corrected chi connectivity index (χ0v) is 17.7. The van der Waals surface area contributed by atoms with Gasteiger partial charge in [-0.15, -0.1) is 0 Å². The van der Waals surface area contributed by atoms with E-state index in [-0.39, 0.29) is 17.9 Å². The number of aromatic amines is 1. The van der Waals surface area contributed by atoms with Gasteiger partial charge in [-0.25, -0.2) is 13.2 Å². The fourth-order valence-electron chi connectivity index (χ4n) is 4.31. The molecule has 2 N–H and O–H groups in total. The molecule has 0 aliphatic carbocycles. The number of nitrogens with one attached hydrogen (secondary N) is 1. The lowest BCUT2D eigenvalue weighted by Crippen LogP contribution is -2.28. The van der Waals surface area contributed by atoms with Gasteiger partial charge in [0.05, 0.1) is 30.3 Å². The Balaban J connectivity index is 2.17. The van der Waals surface area contributed by atoms with E-state index in [0.29, 0.717) is 22.1 Å². The highest BCUT2D eigenvalue weighted by atomic mass is 19.2. The molecule has 2 aromatic heterocycles. The van der Waals surface area contributed by atoms with E-state index >= 15 is 4.39 Å². The van der Waals surface area contributed by atoms with Crippen molar-refractivity contribution >= 4 is 27.8 Å². The Bertz CT molecular complexity index is 1330. The van der Waals surface area contributed by atoms with Gasteiger partial charge in [0.2, 0.25) is 0 Å². The van der Waals surface area contributed by atoms with Crippen LogP contribution >= 0.6 is 0 Å². The number of rotatable bonds is 7. The monoisotopic (exact) mass is 445 g/mol. The molecule has 6 nitrogen and oxygen atoms in total. The third-order valence-electron chi connectivity index (χ3n) is 5.54. The fourth-order valence-corrected chi connectivity index (χ4v) is 4.31. The first-order valence-corrected chi connectivity index (χ1v) is 9.96. The maximum atomic E-state index is 15.6. The molecule has 0 saturated heterocycles. The van der Waals surface area contributed by atoms with Gasteiger partial charge in [0.25, 0.3) is 0 Å². The average Bonchev–Trinajstić information content (AvgIpc) is 3.29. The minimum atomic E-state index is -1.84. The predicted molar refractivity (Wildman–Crippen MR) is 114 cm³/mol. The number of carbonyl (C=O) groups is 1. The number of aromatic nitrogens is 3. The van der Waals surface area contributed by atoms with Crippen LogP contribution in [0.3, 0.4) is 0 Å². The van der Waals surface area contributed by atoms with E-state index in [1.54, 1.807) is 22.9 Å². The second kappa shape index (κ2) is 7.98. The van der Waals surface area contributed by atoms with Crippen molar-refractivity contribution in [3.05, 3.63) is 59.4 Å². The SMILES string of the molecule is COCC(C)(C)c1c([C@H](F)CC(=O)O)c2cc3[nH]ncc3cc2n1-c1ccc(F)c(F)c1. The molecule has 168 valence electrons. The number of carboxylic acids is 1. The number of hydrogen-bond acceptors (Lipinski definition) is 3. The number of ether oxygens (including phenoxy) is 1. The van der Waals surface area contributed by atoms with Gasteiger partial charge in [0.1, 0.15) is 6.17 Å². The van der Waals surface area contributed by atoms with Gasteiger partial charge in [-0.3, -0.25) is 9.89 Å². The summed E-state index contributed by atoms with van der Waals surface area (Å²) in [7, 11) is 1.51. The van der Waals surface area contributed by atoms with Gasteiger partial charge in [0, 0.05) is 46.3 Å². The van der Waals surface area contributed by atoms with Crippen molar-refractivity contribution in [2.45, 2.75) is 31.9 Å². The smallest absolute Gasteiger partial charge is 0.306 e. The van der Waals surface area contributed by atoms with Crippen molar-refractivity contribution in [3.8, 4) is 5.69 Å². The van der Waals surface area contributed by atoms with Crippen molar-refractivity contribution < 1.29 is 27.8 Å². The summed E-state index contributed by atoms with van der Waals surface area (Å²) in [6.45, 7) is 3.83. The molecule has 0 saturated carbocycles. The summed E-state index contributed by atoms with van der Waals surface area (Å²) in [5, 5.41) is 17.3. The largest absolute Gasteiger partial charge is 0.481 e. The summed E-state index contributed by atoms with van der Waals surface area (Å²) >= 11 is 0. The summed E-state index contributed by atoms with van der Waals surface area (Å²) in [5.74, 6) is -3.34. The number of halogens is 3. The molecule has 32 heavy (non-hydrogen) atoms. The van der Waals surface area contributed by atoms with E-state index in [0.717, 1.165) is 17.5 Å². The van der Waals surface area contributed by atoms with Crippen LogP contribution in [0.25, 0.3) is 27.5 Å². The number of fused-ring (bicyclic) bond motifs is 2. The molecule has 0 spiro atoms. The average molecular weight is 445 g/mol. The van der Waals surface area contributed by atoms with Crippen molar-refractivity contribution in [2.75, 3.05) is 13.7 Å². The minimum Gasteiger partial charge on any atom is -0.481 e. The number of H-pyrrole nitrogens is 1. The second-order valence-electron chi connectivity index (χ2n) is 8.41. The molecular formula is C23H22F3N3O3. The summed E-state index contributed by atoms with van der Waals surface area (Å²) in [5.41, 5.74) is 1.24. The zero-order chi connectivity index (χ0) is 23.2. The molecule has 0 fully saturated rings. The number of alkyl halides is 1. The Labute approximate surface area is 181 Å². The molecule has 0 radical (unpaired) electrons. The molecule has 0 aliphatic rings. The van der Waals surface area contributed by atoms with E-state index < -0.39 is 35.6 Å². The summed E-state index contributed by atoms with van der Waals surface area (Å²) < 4.78 is 50.5. The van der Waals surface area contributed by atoms with Crippen LogP contribution in [-0.2, 0) is 14.9 Å². The molecule has 4 aromatic rings. The van der Waals surface area contributed by atoms with E-state index in [1.807, 2.05) is 13.8 Å². The lowest BCUT2D eigenvalue weighted by molar-refractivity contribution is -0.138. The highest BCUT2D eigenvalue weighted by molar-refractivity contribution is 5.99. The standard InChI is InChI=1S/C23H22F3N3O3/c1-23(2,11-32-3)22-21(17(26)9-20(30)31)14-8-18-12(10-27-28-18)6-19(14)29(22)13-4-5-15(24)16(25)7-13/h4-8,10,17H,9,11H2,1-3H3,(H,27,28)(H,30,31)/t17-/m1/s1. The number of nitrogens with zero attached hydrogens (tertiary/aromatic N) is 2. The Morgan fingerprint density at radius 3 is 2.66 bits per heavy atom. The second-order valence-corrected chi connectivity index (χ2v) is 8.41. The summed E-state index contributed by atoms with van der Waals surface area (Å²) in [4.78, 5) is 11.4. The van der Waals surface area contributed by atoms with Crippen molar-refractivity contribution in [1.82, 2.24) is 14.8 Å². The van der Waals surface area contributed by atoms with Gasteiger partial charge in [-0.1, -0.05) is 13.8 Å². The maximum Gasteiger partial charge on any atom is 0.306 e. The highest BCUT2D eigenvalue weighted by Crippen LogP contribution is 2.43. The molecule has 9 heteroatoms. The number of aliphatic carboxylic acids is 1. The van der Waals surface area contributed by atoms with Crippen LogP contribution in [0.15, 0.2) is 36.5 Å².